The summed E-state index contributed by atoms with van der Waals surface area (Å²) in [5.41, 5.74) is 0.0286. The van der Waals surface area contributed by atoms with E-state index < -0.39 is 17.4 Å². The van der Waals surface area contributed by atoms with Crippen molar-refractivity contribution in [3.8, 4) is 5.75 Å². The summed E-state index contributed by atoms with van der Waals surface area (Å²) < 4.78 is 25.2. The fourth-order valence-electron chi connectivity index (χ4n) is 0.926. The molecule has 0 radical (unpaired) electrons. The van der Waals surface area contributed by atoms with E-state index in [1.165, 1.54) is 5.94 Å². The molecule has 13 heavy (non-hydrogen) atoms. The zero-order valence-electron chi connectivity index (χ0n) is 6.55. The lowest BCUT2D eigenvalue weighted by atomic mass is 10.1. The van der Waals surface area contributed by atoms with Gasteiger partial charge in [0.15, 0.2) is 11.6 Å². The second kappa shape index (κ2) is 3.83. The number of phenols is 1. The van der Waals surface area contributed by atoms with E-state index in [4.69, 9.17) is 5.11 Å². The summed E-state index contributed by atoms with van der Waals surface area (Å²) in [7, 11) is 0. The molecule has 0 aliphatic rings. The monoisotopic (exact) mass is 184 g/mol. The van der Waals surface area contributed by atoms with E-state index in [9.17, 15) is 13.6 Å². The number of phenolic OH excluding ortho intramolecular Hbond substituents is 1. The zero-order chi connectivity index (χ0) is 9.84. The van der Waals surface area contributed by atoms with Crippen LogP contribution in [0.3, 0.4) is 0 Å². The van der Waals surface area contributed by atoms with E-state index in [0.29, 0.717) is 6.07 Å². The van der Waals surface area contributed by atoms with Gasteiger partial charge in [-0.05, 0) is 6.07 Å². The molecule has 0 heterocycles. The lowest BCUT2D eigenvalue weighted by Crippen LogP contribution is -1.89. The van der Waals surface area contributed by atoms with Crippen LogP contribution in [0.1, 0.15) is 5.56 Å². The van der Waals surface area contributed by atoms with Crippen LogP contribution in [0.5, 0.6) is 5.75 Å². The first-order chi connectivity index (χ1) is 6.15. The largest absolute Gasteiger partial charge is 0.505 e. The van der Waals surface area contributed by atoms with Crippen molar-refractivity contribution in [1.29, 1.82) is 0 Å². The Kier molecular flexibility index (Phi) is 2.77. The predicted molar refractivity (Wildman–Crippen MR) is 42.0 cm³/mol. The number of rotatable bonds is 2. The van der Waals surface area contributed by atoms with Crippen molar-refractivity contribution in [3.05, 3.63) is 35.4 Å². The number of hydrogen-bond donors (Lipinski definition) is 1. The SMILES string of the molecule is O=C=CCc1cc(F)cc(F)c1O. The Morgan fingerprint density at radius 2 is 2.15 bits per heavy atom. The molecular weight excluding hydrogens is 178 g/mol. The van der Waals surface area contributed by atoms with Gasteiger partial charge in [-0.3, -0.25) is 0 Å². The normalized spacial score (nSPS) is 9.38. The summed E-state index contributed by atoms with van der Waals surface area (Å²) >= 11 is 0. The average Bonchev–Trinajstić information content (AvgIpc) is 2.09. The number of halogens is 2. The van der Waals surface area contributed by atoms with Crippen LogP contribution in [0.25, 0.3) is 0 Å². The lowest BCUT2D eigenvalue weighted by Gasteiger charge is -2.01. The van der Waals surface area contributed by atoms with E-state index >= 15 is 0 Å². The van der Waals surface area contributed by atoms with Gasteiger partial charge in [0.05, 0.1) is 0 Å². The minimum Gasteiger partial charge on any atom is -0.505 e. The summed E-state index contributed by atoms with van der Waals surface area (Å²) in [6.07, 6.45) is 0.998. The van der Waals surface area contributed by atoms with E-state index in [-0.39, 0.29) is 12.0 Å². The minimum absolute atomic E-state index is 0.0286. The highest BCUT2D eigenvalue weighted by Crippen LogP contribution is 2.22. The van der Waals surface area contributed by atoms with Gasteiger partial charge in [0.2, 0.25) is 0 Å². The van der Waals surface area contributed by atoms with Crippen molar-refractivity contribution >= 4 is 5.94 Å². The van der Waals surface area contributed by atoms with Gasteiger partial charge in [0.1, 0.15) is 11.8 Å². The Bertz CT molecular complexity index is 368. The van der Waals surface area contributed by atoms with E-state index in [1.807, 2.05) is 0 Å². The van der Waals surface area contributed by atoms with Crippen LogP contribution >= 0.6 is 0 Å². The van der Waals surface area contributed by atoms with E-state index in [0.717, 1.165) is 12.1 Å². The molecule has 0 bridgehead atoms. The number of benzene rings is 1. The van der Waals surface area contributed by atoms with Gasteiger partial charge < -0.3 is 5.11 Å². The molecule has 1 N–H and O–H groups in total. The number of carbonyl (C=O) groups excluding carboxylic acids is 1. The number of hydrogen-bond acceptors (Lipinski definition) is 2. The van der Waals surface area contributed by atoms with Crippen LogP contribution < -0.4 is 0 Å². The molecule has 0 saturated carbocycles. The fraction of sp³-hybridized carbons (Fsp3) is 0.111. The number of aromatic hydroxyl groups is 1. The molecule has 1 aromatic rings. The quantitative estimate of drug-likeness (QED) is 0.709. The molecule has 0 saturated heterocycles. The van der Waals surface area contributed by atoms with Gasteiger partial charge in [-0.25, -0.2) is 13.6 Å². The van der Waals surface area contributed by atoms with Gasteiger partial charge in [-0.1, -0.05) is 0 Å². The summed E-state index contributed by atoms with van der Waals surface area (Å²) in [5.74, 6) is -1.00. The molecule has 0 fully saturated rings. The Balaban J connectivity index is 3.12. The third-order valence-electron chi connectivity index (χ3n) is 1.51. The van der Waals surface area contributed by atoms with Gasteiger partial charge in [0.25, 0.3) is 0 Å². The second-order valence-electron chi connectivity index (χ2n) is 2.42. The van der Waals surface area contributed by atoms with Crippen LogP contribution in [-0.4, -0.2) is 11.0 Å². The lowest BCUT2D eigenvalue weighted by molar-refractivity contribution is 0.422. The van der Waals surface area contributed by atoms with Crippen molar-refractivity contribution in [2.24, 2.45) is 0 Å². The Hall–Kier alpha value is -1.67. The summed E-state index contributed by atoms with van der Waals surface area (Å²) in [6, 6.07) is 1.54. The Morgan fingerprint density at radius 1 is 1.46 bits per heavy atom. The average molecular weight is 184 g/mol. The highest BCUT2D eigenvalue weighted by molar-refractivity contribution is 5.47. The maximum Gasteiger partial charge on any atom is 0.168 e. The first kappa shape index (κ1) is 9.42. The summed E-state index contributed by atoms with van der Waals surface area (Å²) in [5, 5.41) is 9.06. The molecule has 0 aromatic heterocycles. The first-order valence-corrected chi connectivity index (χ1v) is 3.51. The first-order valence-electron chi connectivity index (χ1n) is 3.51. The maximum atomic E-state index is 12.7. The van der Waals surface area contributed by atoms with Crippen molar-refractivity contribution in [2.75, 3.05) is 0 Å². The molecule has 1 rings (SSSR count). The maximum absolute atomic E-state index is 12.7. The zero-order valence-corrected chi connectivity index (χ0v) is 6.55. The Labute approximate surface area is 73.1 Å². The topological polar surface area (TPSA) is 37.3 Å². The highest BCUT2D eigenvalue weighted by Gasteiger charge is 2.08. The van der Waals surface area contributed by atoms with Crippen LogP contribution in [-0.2, 0) is 11.2 Å². The smallest absolute Gasteiger partial charge is 0.168 e. The minimum atomic E-state index is -1.03. The number of allylic oxidation sites excluding steroid dienone is 1. The molecule has 0 aliphatic heterocycles. The van der Waals surface area contributed by atoms with Crippen LogP contribution in [0.2, 0.25) is 0 Å². The molecule has 0 atom stereocenters. The molecule has 1 aromatic carbocycles. The van der Waals surface area contributed by atoms with Crippen LogP contribution in [0, 0.1) is 11.6 Å². The summed E-state index contributed by atoms with van der Waals surface area (Å²) in [6.45, 7) is 0. The predicted octanol–water partition coefficient (Wildman–Crippen LogP) is 1.60. The summed E-state index contributed by atoms with van der Waals surface area (Å²) in [4.78, 5) is 9.81. The van der Waals surface area contributed by atoms with Crippen molar-refractivity contribution in [1.82, 2.24) is 0 Å². The second-order valence-corrected chi connectivity index (χ2v) is 2.42. The van der Waals surface area contributed by atoms with Crippen LogP contribution in [0.4, 0.5) is 8.78 Å². The highest BCUT2D eigenvalue weighted by atomic mass is 19.1. The molecule has 0 spiro atoms. The van der Waals surface area contributed by atoms with Crippen LogP contribution in [0.15, 0.2) is 18.2 Å². The molecule has 2 nitrogen and oxygen atoms in total. The van der Waals surface area contributed by atoms with E-state index in [1.54, 1.807) is 0 Å². The Morgan fingerprint density at radius 3 is 2.77 bits per heavy atom. The molecule has 0 unspecified atom stereocenters. The molecular formula is C9H6F2O2. The van der Waals surface area contributed by atoms with Crippen molar-refractivity contribution < 1.29 is 18.7 Å². The molecule has 0 amide bonds. The third kappa shape index (κ3) is 2.13. The molecule has 4 heteroatoms. The fourth-order valence-corrected chi connectivity index (χ4v) is 0.926. The molecule has 0 aliphatic carbocycles. The van der Waals surface area contributed by atoms with Gasteiger partial charge in [-0.2, -0.15) is 0 Å². The van der Waals surface area contributed by atoms with E-state index in [2.05, 4.69) is 0 Å². The van der Waals surface area contributed by atoms with Gasteiger partial charge >= 0.3 is 0 Å². The van der Waals surface area contributed by atoms with Gasteiger partial charge in [-0.15, -0.1) is 0 Å². The van der Waals surface area contributed by atoms with Gasteiger partial charge in [0, 0.05) is 24.1 Å². The molecule has 68 valence electrons. The standard InChI is InChI=1S/C9H6F2O2/c10-7-4-6(2-1-3-12)9(13)8(11)5-7/h1,4-5,13H,2H2. The van der Waals surface area contributed by atoms with Crippen molar-refractivity contribution in [2.45, 2.75) is 6.42 Å². The van der Waals surface area contributed by atoms with Crippen molar-refractivity contribution in [3.63, 3.8) is 0 Å². The third-order valence-corrected chi connectivity index (χ3v) is 1.51.